The van der Waals surface area contributed by atoms with Crippen LogP contribution in [0.15, 0.2) is 18.2 Å². The fraction of sp³-hybridized carbons (Fsp3) is 0.588. The van der Waals surface area contributed by atoms with Gasteiger partial charge in [-0.25, -0.2) is 4.79 Å². The Morgan fingerprint density at radius 2 is 2.08 bits per heavy atom. The van der Waals surface area contributed by atoms with E-state index in [1.54, 1.807) is 32.0 Å². The van der Waals surface area contributed by atoms with E-state index < -0.39 is 17.8 Å². The molecule has 0 aromatic heterocycles. The molecular formula is C17H27ClN2O5. The Hall–Kier alpha value is -1.70. The van der Waals surface area contributed by atoms with Crippen molar-refractivity contribution in [2.75, 3.05) is 19.8 Å². The molecule has 0 spiro atoms. The van der Waals surface area contributed by atoms with Gasteiger partial charge < -0.3 is 30.4 Å². The first-order valence-corrected chi connectivity index (χ1v) is 8.42. The van der Waals surface area contributed by atoms with Crippen LogP contribution < -0.4 is 20.5 Å². The molecule has 4 N–H and O–H groups in total. The lowest BCUT2D eigenvalue weighted by molar-refractivity contribution is 0.0293. The SMILES string of the molecule is CC(C)NCC(O)COc1ccc(OC(C)(C)COC(N)=O)cc1Cl. The second-order valence-electron chi connectivity index (χ2n) is 6.59. The van der Waals surface area contributed by atoms with Crippen LogP contribution in [0.2, 0.25) is 5.02 Å². The highest BCUT2D eigenvalue weighted by Gasteiger charge is 2.22. The van der Waals surface area contributed by atoms with E-state index in [4.69, 9.17) is 31.5 Å². The van der Waals surface area contributed by atoms with E-state index in [2.05, 4.69) is 5.32 Å². The van der Waals surface area contributed by atoms with Gasteiger partial charge in [-0.05, 0) is 26.0 Å². The van der Waals surface area contributed by atoms with Crippen molar-refractivity contribution in [3.05, 3.63) is 23.2 Å². The summed E-state index contributed by atoms with van der Waals surface area (Å²) in [5.41, 5.74) is 4.19. The van der Waals surface area contributed by atoms with Gasteiger partial charge in [-0.3, -0.25) is 0 Å². The molecule has 0 aliphatic heterocycles. The monoisotopic (exact) mass is 374 g/mol. The Bertz CT molecular complexity index is 566. The van der Waals surface area contributed by atoms with Gasteiger partial charge in [0.1, 0.15) is 36.4 Å². The number of nitrogens with two attached hydrogens (primary N) is 1. The summed E-state index contributed by atoms with van der Waals surface area (Å²) in [7, 11) is 0. The quantitative estimate of drug-likeness (QED) is 0.580. The Morgan fingerprint density at radius 1 is 1.40 bits per heavy atom. The van der Waals surface area contributed by atoms with Gasteiger partial charge in [0.15, 0.2) is 0 Å². The number of benzene rings is 1. The highest BCUT2D eigenvalue weighted by Crippen LogP contribution is 2.30. The van der Waals surface area contributed by atoms with E-state index in [0.29, 0.717) is 23.1 Å². The number of ether oxygens (including phenoxy) is 3. The van der Waals surface area contributed by atoms with Gasteiger partial charge in [0, 0.05) is 18.7 Å². The molecule has 142 valence electrons. The fourth-order valence-corrected chi connectivity index (χ4v) is 2.10. The number of aliphatic hydroxyl groups excluding tert-OH is 1. The van der Waals surface area contributed by atoms with Crippen LogP contribution in [-0.2, 0) is 4.74 Å². The van der Waals surface area contributed by atoms with Gasteiger partial charge in [-0.1, -0.05) is 25.4 Å². The van der Waals surface area contributed by atoms with Gasteiger partial charge in [0.05, 0.1) is 5.02 Å². The van der Waals surface area contributed by atoms with E-state index in [9.17, 15) is 9.90 Å². The van der Waals surface area contributed by atoms with Crippen molar-refractivity contribution in [1.29, 1.82) is 0 Å². The maximum absolute atomic E-state index is 10.7. The highest BCUT2D eigenvalue weighted by molar-refractivity contribution is 6.32. The molecule has 0 bridgehead atoms. The number of primary amides is 1. The third kappa shape index (κ3) is 8.81. The van der Waals surface area contributed by atoms with Gasteiger partial charge in [-0.2, -0.15) is 0 Å². The smallest absolute Gasteiger partial charge is 0.404 e. The number of halogens is 1. The van der Waals surface area contributed by atoms with Crippen LogP contribution in [0, 0.1) is 0 Å². The molecule has 0 aliphatic carbocycles. The summed E-state index contributed by atoms with van der Waals surface area (Å²) in [5, 5.41) is 13.3. The van der Waals surface area contributed by atoms with E-state index in [1.165, 1.54) is 0 Å². The number of hydrogen-bond donors (Lipinski definition) is 3. The van der Waals surface area contributed by atoms with Crippen molar-refractivity contribution in [2.24, 2.45) is 5.73 Å². The van der Waals surface area contributed by atoms with Crippen LogP contribution in [0.4, 0.5) is 4.79 Å². The molecule has 1 aromatic rings. The van der Waals surface area contributed by atoms with Crippen molar-refractivity contribution in [1.82, 2.24) is 5.32 Å². The molecule has 1 aromatic carbocycles. The molecule has 7 nitrogen and oxygen atoms in total. The van der Waals surface area contributed by atoms with E-state index >= 15 is 0 Å². The molecule has 1 rings (SSSR count). The lowest BCUT2D eigenvalue weighted by atomic mass is 10.1. The third-order valence-electron chi connectivity index (χ3n) is 3.05. The first kappa shape index (κ1) is 21.3. The average Bonchev–Trinajstić information content (AvgIpc) is 2.50. The van der Waals surface area contributed by atoms with Crippen LogP contribution in [-0.4, -0.2) is 48.7 Å². The second kappa shape index (κ2) is 9.70. The normalized spacial score (nSPS) is 12.8. The summed E-state index contributed by atoms with van der Waals surface area (Å²) in [6.45, 7) is 8.08. The first-order chi connectivity index (χ1) is 11.6. The van der Waals surface area contributed by atoms with Crippen molar-refractivity contribution < 1.29 is 24.1 Å². The topological polar surface area (TPSA) is 103 Å². The van der Waals surface area contributed by atoms with E-state index in [1.807, 2.05) is 13.8 Å². The van der Waals surface area contributed by atoms with Crippen LogP contribution in [0.3, 0.4) is 0 Å². The molecule has 0 aliphatic rings. The Balaban J connectivity index is 2.57. The molecule has 0 saturated heterocycles. The Labute approximate surface area is 153 Å². The van der Waals surface area contributed by atoms with Crippen molar-refractivity contribution >= 4 is 17.7 Å². The first-order valence-electron chi connectivity index (χ1n) is 8.04. The fourth-order valence-electron chi connectivity index (χ4n) is 1.87. The minimum atomic E-state index is -0.857. The molecular weight excluding hydrogens is 348 g/mol. The maximum Gasteiger partial charge on any atom is 0.404 e. The number of carbonyl (C=O) groups excluding carboxylic acids is 1. The molecule has 0 radical (unpaired) electrons. The number of rotatable bonds is 10. The van der Waals surface area contributed by atoms with Crippen LogP contribution in [0.5, 0.6) is 11.5 Å². The lowest BCUT2D eigenvalue weighted by Crippen LogP contribution is -2.36. The Kier molecular flexibility index (Phi) is 8.28. The highest BCUT2D eigenvalue weighted by atomic mass is 35.5. The molecule has 1 unspecified atom stereocenters. The predicted molar refractivity (Wildman–Crippen MR) is 96.3 cm³/mol. The molecule has 0 saturated carbocycles. The summed E-state index contributed by atoms with van der Waals surface area (Å²) in [6.07, 6.45) is -1.50. The molecule has 0 fully saturated rings. The zero-order chi connectivity index (χ0) is 19.0. The van der Waals surface area contributed by atoms with Crippen LogP contribution in [0.1, 0.15) is 27.7 Å². The number of hydrogen-bond acceptors (Lipinski definition) is 6. The minimum absolute atomic E-state index is 0.00719. The van der Waals surface area contributed by atoms with Crippen molar-refractivity contribution in [3.63, 3.8) is 0 Å². The van der Waals surface area contributed by atoms with E-state index in [-0.39, 0.29) is 19.3 Å². The minimum Gasteiger partial charge on any atom is -0.489 e. The average molecular weight is 375 g/mol. The number of carbonyl (C=O) groups is 1. The van der Waals surface area contributed by atoms with Gasteiger partial charge in [0.2, 0.25) is 0 Å². The summed E-state index contributed by atoms with van der Waals surface area (Å²) in [4.78, 5) is 10.7. The van der Waals surface area contributed by atoms with Gasteiger partial charge in [-0.15, -0.1) is 0 Å². The van der Waals surface area contributed by atoms with Gasteiger partial charge in [0.25, 0.3) is 0 Å². The van der Waals surface area contributed by atoms with Gasteiger partial charge >= 0.3 is 6.09 Å². The summed E-state index contributed by atoms with van der Waals surface area (Å²) in [6, 6.07) is 5.23. The molecule has 8 heteroatoms. The predicted octanol–water partition coefficient (Wildman–Crippen LogP) is 2.33. The lowest BCUT2D eigenvalue weighted by Gasteiger charge is -2.26. The largest absolute Gasteiger partial charge is 0.489 e. The summed E-state index contributed by atoms with van der Waals surface area (Å²) >= 11 is 6.19. The maximum atomic E-state index is 10.7. The number of nitrogens with one attached hydrogen (secondary N) is 1. The van der Waals surface area contributed by atoms with Crippen LogP contribution >= 0.6 is 11.6 Å². The number of amides is 1. The second-order valence-corrected chi connectivity index (χ2v) is 7.00. The molecule has 25 heavy (non-hydrogen) atoms. The van der Waals surface area contributed by atoms with Crippen molar-refractivity contribution in [3.8, 4) is 11.5 Å². The molecule has 1 amide bonds. The van der Waals surface area contributed by atoms with Crippen LogP contribution in [0.25, 0.3) is 0 Å². The third-order valence-corrected chi connectivity index (χ3v) is 3.35. The zero-order valence-electron chi connectivity index (χ0n) is 15.0. The molecule has 1 atom stereocenters. The standard InChI is InChI=1S/C17H27ClN2O5/c1-11(2)20-8-12(21)9-23-15-6-5-13(7-14(15)18)25-17(3,4)10-24-16(19)22/h5-7,11-12,20-21H,8-10H2,1-4H3,(H2,19,22). The molecule has 0 heterocycles. The summed E-state index contributed by atoms with van der Waals surface area (Å²) in [5.74, 6) is 0.946. The van der Waals surface area contributed by atoms with Crippen molar-refractivity contribution in [2.45, 2.75) is 45.4 Å². The van der Waals surface area contributed by atoms with E-state index in [0.717, 1.165) is 0 Å². The Morgan fingerprint density at radius 3 is 2.64 bits per heavy atom. The zero-order valence-corrected chi connectivity index (χ0v) is 15.8. The summed E-state index contributed by atoms with van der Waals surface area (Å²) < 4.78 is 16.0. The number of aliphatic hydroxyl groups is 1.